The number of nitrogens with one attached hydrogen (secondary N) is 1. The minimum absolute atomic E-state index is 0. The van der Waals surface area contributed by atoms with Gasteiger partial charge >= 0.3 is 5.97 Å². The summed E-state index contributed by atoms with van der Waals surface area (Å²) in [4.78, 5) is 17.3. The normalized spacial score (nSPS) is 21.9. The number of hydrogen-bond acceptors (Lipinski definition) is 3. The van der Waals surface area contributed by atoms with Crippen molar-refractivity contribution in [3.63, 3.8) is 0 Å². The minimum Gasteiger partial charge on any atom is -1.00 e. The molecule has 2 atom stereocenters. The summed E-state index contributed by atoms with van der Waals surface area (Å²) in [5.41, 5.74) is 0.529. The van der Waals surface area contributed by atoms with Crippen LogP contribution in [-0.2, 0) is 4.74 Å². The molecule has 1 N–H and O–H groups in total. The molecule has 0 spiro atoms. The summed E-state index contributed by atoms with van der Waals surface area (Å²) in [7, 11) is 0. The SMILES string of the molecule is CC1CCCC[NH+]1CCCOC(=O)c1cccnc1.[Cl-]. The zero-order valence-electron chi connectivity index (χ0n) is 12.0. The van der Waals surface area contributed by atoms with Gasteiger partial charge in [0.05, 0.1) is 31.3 Å². The highest BCUT2D eigenvalue weighted by Gasteiger charge is 2.21. The standard InChI is InChI=1S/C15H22N2O2.ClH/c1-13-6-2-3-9-17(13)10-5-11-19-15(18)14-7-4-8-16-12-14;/h4,7-8,12-13H,2-3,5-6,9-11H2,1H3;1H. The lowest BCUT2D eigenvalue weighted by atomic mass is 10.0. The van der Waals surface area contributed by atoms with Crippen LogP contribution in [0, 0.1) is 0 Å². The number of hydrogen-bond donors (Lipinski definition) is 1. The fourth-order valence-corrected chi connectivity index (χ4v) is 2.66. The summed E-state index contributed by atoms with van der Waals surface area (Å²) in [5, 5.41) is 0. The fraction of sp³-hybridized carbons (Fsp3) is 0.600. The summed E-state index contributed by atoms with van der Waals surface area (Å²) >= 11 is 0. The van der Waals surface area contributed by atoms with Crippen molar-refractivity contribution in [1.82, 2.24) is 4.98 Å². The second-order valence-electron chi connectivity index (χ2n) is 5.29. The highest BCUT2D eigenvalue weighted by Crippen LogP contribution is 2.02. The average Bonchev–Trinajstić information content (AvgIpc) is 2.46. The van der Waals surface area contributed by atoms with Crippen molar-refractivity contribution in [3.05, 3.63) is 30.1 Å². The second kappa shape index (κ2) is 8.93. The number of aromatic nitrogens is 1. The first-order valence-electron chi connectivity index (χ1n) is 7.19. The number of nitrogens with zero attached hydrogens (tertiary/aromatic N) is 1. The summed E-state index contributed by atoms with van der Waals surface area (Å²) in [6, 6.07) is 4.23. The zero-order valence-corrected chi connectivity index (χ0v) is 12.7. The quantitative estimate of drug-likeness (QED) is 0.510. The van der Waals surface area contributed by atoms with Gasteiger partial charge in [0.1, 0.15) is 0 Å². The van der Waals surface area contributed by atoms with Crippen molar-refractivity contribution in [2.24, 2.45) is 0 Å². The van der Waals surface area contributed by atoms with Crippen molar-refractivity contribution >= 4 is 5.97 Å². The maximum Gasteiger partial charge on any atom is 0.339 e. The minimum atomic E-state index is -0.269. The molecule has 0 amide bonds. The Morgan fingerprint density at radius 3 is 3.05 bits per heavy atom. The molecule has 1 saturated heterocycles. The van der Waals surface area contributed by atoms with Crippen LogP contribution in [0.25, 0.3) is 0 Å². The number of quaternary nitrogens is 1. The van der Waals surface area contributed by atoms with Gasteiger partial charge in [-0.1, -0.05) is 0 Å². The van der Waals surface area contributed by atoms with Gasteiger partial charge in [-0.15, -0.1) is 0 Å². The van der Waals surface area contributed by atoms with E-state index in [0.29, 0.717) is 12.2 Å². The lowest BCUT2D eigenvalue weighted by Crippen LogP contribution is -3.16. The largest absolute Gasteiger partial charge is 1.00 e. The van der Waals surface area contributed by atoms with E-state index in [9.17, 15) is 4.79 Å². The van der Waals surface area contributed by atoms with Crippen molar-refractivity contribution < 1.29 is 26.8 Å². The molecule has 2 rings (SSSR count). The molecule has 2 heterocycles. The number of likely N-dealkylation sites (tertiary alicyclic amines) is 1. The van der Waals surface area contributed by atoms with Gasteiger partial charge in [-0.2, -0.15) is 0 Å². The van der Waals surface area contributed by atoms with Gasteiger partial charge in [-0.05, 0) is 38.3 Å². The fourth-order valence-electron chi connectivity index (χ4n) is 2.66. The molecule has 1 aliphatic heterocycles. The van der Waals surface area contributed by atoms with Crippen molar-refractivity contribution in [2.45, 2.75) is 38.6 Å². The van der Waals surface area contributed by atoms with Crippen molar-refractivity contribution in [3.8, 4) is 0 Å². The van der Waals surface area contributed by atoms with E-state index in [1.54, 1.807) is 29.4 Å². The molecular formula is C15H23ClN2O2. The van der Waals surface area contributed by atoms with Gasteiger partial charge in [-0.3, -0.25) is 4.98 Å². The van der Waals surface area contributed by atoms with Crippen LogP contribution in [-0.4, -0.2) is 36.7 Å². The van der Waals surface area contributed by atoms with E-state index >= 15 is 0 Å². The van der Waals surface area contributed by atoms with Crippen LogP contribution in [0.4, 0.5) is 0 Å². The lowest BCUT2D eigenvalue weighted by molar-refractivity contribution is -0.928. The monoisotopic (exact) mass is 298 g/mol. The molecule has 5 heteroatoms. The topological polar surface area (TPSA) is 43.6 Å². The molecule has 1 aromatic rings. The van der Waals surface area contributed by atoms with Gasteiger partial charge in [0, 0.05) is 18.8 Å². The van der Waals surface area contributed by atoms with E-state index in [4.69, 9.17) is 4.74 Å². The molecule has 112 valence electrons. The molecule has 0 bridgehead atoms. The third kappa shape index (κ3) is 5.10. The highest BCUT2D eigenvalue weighted by atomic mass is 35.5. The summed E-state index contributed by atoms with van der Waals surface area (Å²) in [6.45, 7) is 5.18. The van der Waals surface area contributed by atoms with Gasteiger partial charge in [0.15, 0.2) is 0 Å². The number of rotatable bonds is 5. The van der Waals surface area contributed by atoms with Crippen LogP contribution >= 0.6 is 0 Å². The molecule has 4 nitrogen and oxygen atoms in total. The second-order valence-corrected chi connectivity index (χ2v) is 5.29. The number of carbonyl (C=O) groups excluding carboxylic acids is 1. The Morgan fingerprint density at radius 2 is 2.35 bits per heavy atom. The molecule has 0 saturated carbocycles. The predicted molar refractivity (Wildman–Crippen MR) is 73.1 cm³/mol. The van der Waals surface area contributed by atoms with Crippen molar-refractivity contribution in [1.29, 1.82) is 0 Å². The van der Waals surface area contributed by atoms with E-state index in [1.807, 2.05) is 0 Å². The highest BCUT2D eigenvalue weighted by molar-refractivity contribution is 5.88. The predicted octanol–water partition coefficient (Wildman–Crippen LogP) is -1.91. The van der Waals surface area contributed by atoms with Crippen LogP contribution in [0.15, 0.2) is 24.5 Å². The Morgan fingerprint density at radius 1 is 1.50 bits per heavy atom. The van der Waals surface area contributed by atoms with E-state index in [2.05, 4.69) is 11.9 Å². The van der Waals surface area contributed by atoms with Crippen LogP contribution < -0.4 is 17.3 Å². The average molecular weight is 299 g/mol. The molecule has 2 unspecified atom stereocenters. The number of halogens is 1. The zero-order chi connectivity index (χ0) is 13.5. The van der Waals surface area contributed by atoms with Gasteiger partial charge in [-0.25, -0.2) is 4.79 Å². The molecular weight excluding hydrogens is 276 g/mol. The first kappa shape index (κ1) is 16.9. The first-order chi connectivity index (χ1) is 9.27. The maximum absolute atomic E-state index is 11.7. The van der Waals surface area contributed by atoms with E-state index in [-0.39, 0.29) is 18.4 Å². The number of carbonyl (C=O) groups is 1. The number of esters is 1. The molecule has 0 radical (unpaired) electrons. The van der Waals surface area contributed by atoms with Crippen LogP contribution in [0.1, 0.15) is 43.0 Å². The summed E-state index contributed by atoms with van der Waals surface area (Å²) in [5.74, 6) is -0.269. The van der Waals surface area contributed by atoms with Gasteiger partial charge in [0.2, 0.25) is 0 Å². The Bertz CT molecular complexity index is 400. The third-order valence-electron chi connectivity index (χ3n) is 3.85. The Balaban J connectivity index is 0.00000200. The number of piperidine rings is 1. The smallest absolute Gasteiger partial charge is 0.339 e. The van der Waals surface area contributed by atoms with Crippen LogP contribution in [0.5, 0.6) is 0 Å². The molecule has 1 aromatic heterocycles. The lowest BCUT2D eigenvalue weighted by Gasteiger charge is -2.30. The Kier molecular flexibility index (Phi) is 7.55. The molecule has 20 heavy (non-hydrogen) atoms. The van der Waals surface area contributed by atoms with Crippen LogP contribution in [0.3, 0.4) is 0 Å². The molecule has 0 aromatic carbocycles. The molecule has 1 aliphatic rings. The van der Waals surface area contributed by atoms with Gasteiger partial charge < -0.3 is 22.0 Å². The Hall–Kier alpha value is -1.13. The molecule has 0 aliphatic carbocycles. The third-order valence-corrected chi connectivity index (χ3v) is 3.85. The first-order valence-corrected chi connectivity index (χ1v) is 7.19. The number of pyridine rings is 1. The summed E-state index contributed by atoms with van der Waals surface area (Å²) in [6.07, 6.45) is 8.14. The van der Waals surface area contributed by atoms with Crippen molar-refractivity contribution in [2.75, 3.05) is 19.7 Å². The van der Waals surface area contributed by atoms with Gasteiger partial charge in [0.25, 0.3) is 0 Å². The maximum atomic E-state index is 11.7. The Labute approximate surface area is 126 Å². The summed E-state index contributed by atoms with van der Waals surface area (Å²) < 4.78 is 5.26. The number of ether oxygens (including phenoxy) is 1. The van der Waals surface area contributed by atoms with E-state index < -0.39 is 0 Å². The van der Waals surface area contributed by atoms with E-state index in [1.165, 1.54) is 25.8 Å². The van der Waals surface area contributed by atoms with Crippen LogP contribution in [0.2, 0.25) is 0 Å². The molecule has 1 fully saturated rings. The van der Waals surface area contributed by atoms with E-state index in [0.717, 1.165) is 19.0 Å².